The number of allylic oxidation sites excluding steroid dienone is 1. The number of carbonyl (C=O) groups is 1. The largest absolute Gasteiger partial charge is 0.369 e. The van der Waals surface area contributed by atoms with Crippen molar-refractivity contribution >= 4 is 11.6 Å². The average molecular weight is 396 g/mol. The van der Waals surface area contributed by atoms with Gasteiger partial charge in [0.15, 0.2) is 0 Å². The molecule has 0 bridgehead atoms. The molecule has 0 aromatic heterocycles. The van der Waals surface area contributed by atoms with Crippen molar-refractivity contribution in [2.75, 3.05) is 70.3 Å². The van der Waals surface area contributed by atoms with E-state index in [0.29, 0.717) is 6.42 Å². The first-order valence-electron chi connectivity index (χ1n) is 10.9. The number of hydrogen-bond donors (Lipinski definition) is 2. The van der Waals surface area contributed by atoms with Crippen molar-refractivity contribution in [1.29, 1.82) is 0 Å². The summed E-state index contributed by atoms with van der Waals surface area (Å²) in [5.74, 6) is 0.264. The van der Waals surface area contributed by atoms with Crippen molar-refractivity contribution in [3.8, 4) is 0 Å². The third-order valence-electron chi connectivity index (χ3n) is 6.45. The van der Waals surface area contributed by atoms with Crippen LogP contribution in [-0.4, -0.2) is 81.2 Å². The fourth-order valence-electron chi connectivity index (χ4n) is 4.59. The SMILES string of the molecule is C=C=C1NC(=O)CCC1c1ccc(N2CCN(CCN3CCNCC3)CC2)cc1. The van der Waals surface area contributed by atoms with E-state index < -0.39 is 0 Å². The van der Waals surface area contributed by atoms with Crippen molar-refractivity contribution in [2.24, 2.45) is 0 Å². The molecule has 1 amide bonds. The predicted octanol–water partition coefficient (Wildman–Crippen LogP) is 1.38. The van der Waals surface area contributed by atoms with Gasteiger partial charge in [-0.15, -0.1) is 5.73 Å². The van der Waals surface area contributed by atoms with Crippen LogP contribution < -0.4 is 15.5 Å². The fraction of sp³-hybridized carbons (Fsp3) is 0.565. The van der Waals surface area contributed by atoms with Crippen LogP contribution in [0, 0.1) is 0 Å². The van der Waals surface area contributed by atoms with Crippen LogP contribution in [0.4, 0.5) is 5.69 Å². The summed E-state index contributed by atoms with van der Waals surface area (Å²) in [6.45, 7) is 15.1. The van der Waals surface area contributed by atoms with Crippen LogP contribution in [0.5, 0.6) is 0 Å². The zero-order valence-electron chi connectivity index (χ0n) is 17.3. The number of nitrogens with zero attached hydrogens (tertiary/aromatic N) is 3. The van der Waals surface area contributed by atoms with E-state index in [0.717, 1.165) is 51.4 Å². The van der Waals surface area contributed by atoms with Crippen molar-refractivity contribution in [1.82, 2.24) is 20.4 Å². The van der Waals surface area contributed by atoms with E-state index in [2.05, 4.69) is 61.9 Å². The lowest BCUT2D eigenvalue weighted by Crippen LogP contribution is -2.50. The lowest BCUT2D eigenvalue weighted by molar-refractivity contribution is -0.121. The number of carbonyl (C=O) groups excluding carboxylic acids is 1. The minimum absolute atomic E-state index is 0.0684. The first kappa shape index (κ1) is 20.2. The molecule has 29 heavy (non-hydrogen) atoms. The van der Waals surface area contributed by atoms with Crippen LogP contribution in [0.2, 0.25) is 0 Å². The molecule has 6 nitrogen and oxygen atoms in total. The maximum Gasteiger partial charge on any atom is 0.224 e. The molecular weight excluding hydrogens is 362 g/mol. The second-order valence-electron chi connectivity index (χ2n) is 8.24. The highest BCUT2D eigenvalue weighted by Crippen LogP contribution is 2.31. The molecule has 3 aliphatic rings. The summed E-state index contributed by atoms with van der Waals surface area (Å²) in [4.78, 5) is 19.3. The van der Waals surface area contributed by atoms with Gasteiger partial charge >= 0.3 is 0 Å². The van der Waals surface area contributed by atoms with E-state index in [9.17, 15) is 4.79 Å². The van der Waals surface area contributed by atoms with Crippen molar-refractivity contribution in [2.45, 2.75) is 18.8 Å². The van der Waals surface area contributed by atoms with Crippen molar-refractivity contribution in [3.05, 3.63) is 47.8 Å². The molecule has 2 N–H and O–H groups in total. The average Bonchev–Trinajstić information content (AvgIpc) is 2.79. The van der Waals surface area contributed by atoms with Crippen LogP contribution in [-0.2, 0) is 4.79 Å². The number of piperidine rings is 1. The lowest BCUT2D eigenvalue weighted by atomic mass is 9.88. The third-order valence-corrected chi connectivity index (χ3v) is 6.45. The molecule has 1 atom stereocenters. The minimum atomic E-state index is 0.0684. The minimum Gasteiger partial charge on any atom is -0.369 e. The second kappa shape index (κ2) is 9.59. The van der Waals surface area contributed by atoms with Crippen LogP contribution in [0.3, 0.4) is 0 Å². The molecule has 1 aromatic rings. The number of anilines is 1. The Labute approximate surface area is 174 Å². The van der Waals surface area contributed by atoms with Gasteiger partial charge in [-0.05, 0) is 24.1 Å². The van der Waals surface area contributed by atoms with E-state index in [4.69, 9.17) is 0 Å². The Morgan fingerprint density at radius 1 is 0.966 bits per heavy atom. The molecule has 3 fully saturated rings. The molecular formula is C23H33N5O. The Hall–Kier alpha value is -2.11. The maximum atomic E-state index is 11.6. The molecule has 3 aliphatic heterocycles. The Morgan fingerprint density at radius 2 is 1.62 bits per heavy atom. The van der Waals surface area contributed by atoms with Gasteiger partial charge < -0.3 is 15.5 Å². The maximum absolute atomic E-state index is 11.6. The van der Waals surface area contributed by atoms with Gasteiger partial charge in [-0.3, -0.25) is 14.6 Å². The first-order valence-corrected chi connectivity index (χ1v) is 10.9. The van der Waals surface area contributed by atoms with E-state index in [1.165, 1.54) is 37.4 Å². The number of piperazine rings is 2. The van der Waals surface area contributed by atoms with Crippen LogP contribution >= 0.6 is 0 Å². The molecule has 4 rings (SSSR count). The topological polar surface area (TPSA) is 50.9 Å². The van der Waals surface area contributed by atoms with Gasteiger partial charge in [-0.25, -0.2) is 0 Å². The molecule has 1 aromatic carbocycles. The molecule has 156 valence electrons. The summed E-state index contributed by atoms with van der Waals surface area (Å²) in [7, 11) is 0. The van der Waals surface area contributed by atoms with E-state index in [-0.39, 0.29) is 11.8 Å². The first-order chi connectivity index (χ1) is 14.2. The zero-order valence-corrected chi connectivity index (χ0v) is 17.3. The Balaban J connectivity index is 1.28. The van der Waals surface area contributed by atoms with Gasteiger partial charge in [0, 0.05) is 83.5 Å². The molecule has 0 saturated carbocycles. The number of hydrogen-bond acceptors (Lipinski definition) is 5. The molecule has 1 unspecified atom stereocenters. The summed E-state index contributed by atoms with van der Waals surface area (Å²) in [5.41, 5.74) is 6.25. The smallest absolute Gasteiger partial charge is 0.224 e. The highest BCUT2D eigenvalue weighted by atomic mass is 16.1. The summed E-state index contributed by atoms with van der Waals surface area (Å²) in [5, 5.41) is 6.34. The molecule has 0 radical (unpaired) electrons. The Kier molecular flexibility index (Phi) is 6.67. The molecule has 3 heterocycles. The highest BCUT2D eigenvalue weighted by Gasteiger charge is 2.25. The monoisotopic (exact) mass is 395 g/mol. The van der Waals surface area contributed by atoms with Crippen molar-refractivity contribution < 1.29 is 4.79 Å². The summed E-state index contributed by atoms with van der Waals surface area (Å²) in [6.07, 6.45) is 1.39. The number of rotatable bonds is 5. The lowest BCUT2D eigenvalue weighted by Gasteiger charge is -2.37. The van der Waals surface area contributed by atoms with Crippen LogP contribution in [0.15, 0.2) is 42.3 Å². The third kappa shape index (κ3) is 5.09. The predicted molar refractivity (Wildman–Crippen MR) is 117 cm³/mol. The van der Waals surface area contributed by atoms with Gasteiger partial charge in [-0.2, -0.15) is 0 Å². The second-order valence-corrected chi connectivity index (χ2v) is 8.24. The molecule has 0 aliphatic carbocycles. The fourth-order valence-corrected chi connectivity index (χ4v) is 4.59. The van der Waals surface area contributed by atoms with Crippen LogP contribution in [0.25, 0.3) is 0 Å². The number of benzene rings is 1. The standard InChI is InChI=1S/C23H33N5O/c1-2-22-21(7-8-23(29)25-22)19-3-5-20(6-4-19)28-17-15-27(16-18-28)14-13-26-11-9-24-10-12-26/h3-6,21,24H,1,7-18H2,(H,25,29). The molecule has 6 heteroatoms. The van der Waals surface area contributed by atoms with E-state index in [1.54, 1.807) is 0 Å². The van der Waals surface area contributed by atoms with Gasteiger partial charge in [0.05, 0.1) is 5.70 Å². The van der Waals surface area contributed by atoms with Crippen molar-refractivity contribution in [3.63, 3.8) is 0 Å². The zero-order chi connectivity index (χ0) is 20.1. The Morgan fingerprint density at radius 3 is 2.28 bits per heavy atom. The van der Waals surface area contributed by atoms with Gasteiger partial charge in [-0.1, -0.05) is 18.7 Å². The molecule has 3 saturated heterocycles. The number of nitrogens with one attached hydrogen (secondary N) is 2. The van der Waals surface area contributed by atoms with Gasteiger partial charge in [0.2, 0.25) is 5.91 Å². The van der Waals surface area contributed by atoms with E-state index >= 15 is 0 Å². The number of amides is 1. The quantitative estimate of drug-likeness (QED) is 0.738. The summed E-state index contributed by atoms with van der Waals surface area (Å²) < 4.78 is 0. The van der Waals surface area contributed by atoms with Crippen LogP contribution in [0.1, 0.15) is 24.3 Å². The summed E-state index contributed by atoms with van der Waals surface area (Å²) in [6, 6.07) is 8.85. The van der Waals surface area contributed by atoms with E-state index in [1.807, 2.05) is 0 Å². The van der Waals surface area contributed by atoms with Gasteiger partial charge in [0.25, 0.3) is 0 Å². The normalized spacial score (nSPS) is 24.3. The van der Waals surface area contributed by atoms with Gasteiger partial charge in [0.1, 0.15) is 0 Å². The summed E-state index contributed by atoms with van der Waals surface area (Å²) >= 11 is 0. The molecule has 0 spiro atoms. The Bertz CT molecular complexity index is 741. The highest BCUT2D eigenvalue weighted by molar-refractivity contribution is 5.79.